The lowest BCUT2D eigenvalue weighted by Crippen LogP contribution is -2.22. The third-order valence-electron chi connectivity index (χ3n) is 2.87. The zero-order valence-electron chi connectivity index (χ0n) is 11.8. The van der Waals surface area contributed by atoms with E-state index in [2.05, 4.69) is 26.6 Å². The van der Waals surface area contributed by atoms with Crippen molar-refractivity contribution in [3.63, 3.8) is 0 Å². The molecule has 6 heteroatoms. The minimum absolute atomic E-state index is 0.172. The van der Waals surface area contributed by atoms with E-state index in [-0.39, 0.29) is 11.5 Å². The van der Waals surface area contributed by atoms with Gasteiger partial charge in [-0.2, -0.15) is 0 Å². The number of nitrogens with one attached hydrogen (secondary N) is 2. The zero-order valence-corrected chi connectivity index (χ0v) is 13.4. The molecule has 2 aromatic rings. The standard InChI is InChI=1S/C16H14BrFN2O2/c1-2-19-15(21)10-3-5-14(6-4-10)20-16(22)11-7-12(17)9-13(18)8-11/h3-9H,2H2,1H3,(H,19,21)(H,20,22). The molecule has 2 amide bonds. The molecule has 0 bridgehead atoms. The molecule has 0 atom stereocenters. The highest BCUT2D eigenvalue weighted by atomic mass is 79.9. The minimum Gasteiger partial charge on any atom is -0.352 e. The highest BCUT2D eigenvalue weighted by Gasteiger charge is 2.09. The van der Waals surface area contributed by atoms with Crippen molar-refractivity contribution in [2.24, 2.45) is 0 Å². The van der Waals surface area contributed by atoms with Crippen LogP contribution in [0.15, 0.2) is 46.9 Å². The van der Waals surface area contributed by atoms with Gasteiger partial charge in [0.05, 0.1) is 0 Å². The number of hydrogen-bond acceptors (Lipinski definition) is 2. The Morgan fingerprint density at radius 2 is 1.73 bits per heavy atom. The van der Waals surface area contributed by atoms with Gasteiger partial charge in [0.25, 0.3) is 11.8 Å². The normalized spacial score (nSPS) is 10.1. The second-order valence-electron chi connectivity index (χ2n) is 4.55. The number of carbonyl (C=O) groups is 2. The summed E-state index contributed by atoms with van der Waals surface area (Å²) in [5.41, 5.74) is 1.24. The number of anilines is 1. The summed E-state index contributed by atoms with van der Waals surface area (Å²) in [5.74, 6) is -1.09. The van der Waals surface area contributed by atoms with Crippen molar-refractivity contribution in [3.8, 4) is 0 Å². The van der Waals surface area contributed by atoms with Gasteiger partial charge in [0.2, 0.25) is 0 Å². The van der Waals surface area contributed by atoms with Crippen molar-refractivity contribution >= 4 is 33.4 Å². The van der Waals surface area contributed by atoms with E-state index in [9.17, 15) is 14.0 Å². The Balaban J connectivity index is 2.10. The first kappa shape index (κ1) is 16.2. The van der Waals surface area contributed by atoms with Gasteiger partial charge in [0, 0.05) is 27.8 Å². The fourth-order valence-corrected chi connectivity index (χ4v) is 2.32. The van der Waals surface area contributed by atoms with Gasteiger partial charge in [-0.1, -0.05) is 15.9 Å². The molecule has 0 saturated heterocycles. The smallest absolute Gasteiger partial charge is 0.255 e. The third kappa shape index (κ3) is 4.14. The van der Waals surface area contributed by atoms with Gasteiger partial charge < -0.3 is 10.6 Å². The summed E-state index contributed by atoms with van der Waals surface area (Å²) in [7, 11) is 0. The van der Waals surface area contributed by atoms with Crippen LogP contribution in [0.5, 0.6) is 0 Å². The zero-order chi connectivity index (χ0) is 16.1. The van der Waals surface area contributed by atoms with Crippen LogP contribution in [0.3, 0.4) is 0 Å². The lowest BCUT2D eigenvalue weighted by molar-refractivity contribution is 0.0955. The number of amides is 2. The lowest BCUT2D eigenvalue weighted by Gasteiger charge is -2.07. The quantitative estimate of drug-likeness (QED) is 0.870. The van der Waals surface area contributed by atoms with Crippen molar-refractivity contribution in [2.45, 2.75) is 6.92 Å². The molecular formula is C16H14BrFN2O2. The Morgan fingerprint density at radius 3 is 2.32 bits per heavy atom. The van der Waals surface area contributed by atoms with Crippen LogP contribution in [-0.2, 0) is 0 Å². The fourth-order valence-electron chi connectivity index (χ4n) is 1.86. The van der Waals surface area contributed by atoms with E-state index >= 15 is 0 Å². The summed E-state index contributed by atoms with van der Waals surface area (Å²) in [6.07, 6.45) is 0. The van der Waals surface area contributed by atoms with E-state index in [4.69, 9.17) is 0 Å². The third-order valence-corrected chi connectivity index (χ3v) is 3.32. The summed E-state index contributed by atoms with van der Waals surface area (Å²) in [4.78, 5) is 23.7. The fraction of sp³-hybridized carbons (Fsp3) is 0.125. The van der Waals surface area contributed by atoms with E-state index in [1.807, 2.05) is 6.92 Å². The summed E-state index contributed by atoms with van der Waals surface area (Å²) in [6, 6.07) is 10.4. The number of benzene rings is 2. The lowest BCUT2D eigenvalue weighted by atomic mass is 10.1. The predicted octanol–water partition coefficient (Wildman–Crippen LogP) is 3.59. The molecule has 0 aliphatic carbocycles. The first-order chi connectivity index (χ1) is 10.5. The molecule has 0 fully saturated rings. The molecule has 22 heavy (non-hydrogen) atoms. The number of rotatable bonds is 4. The maximum Gasteiger partial charge on any atom is 0.255 e. The first-order valence-corrected chi connectivity index (χ1v) is 7.44. The van der Waals surface area contributed by atoms with Gasteiger partial charge in [-0.15, -0.1) is 0 Å². The van der Waals surface area contributed by atoms with Crippen LogP contribution in [0.1, 0.15) is 27.6 Å². The van der Waals surface area contributed by atoms with E-state index in [1.54, 1.807) is 24.3 Å². The maximum absolute atomic E-state index is 13.3. The van der Waals surface area contributed by atoms with Gasteiger partial charge in [-0.25, -0.2) is 4.39 Å². The minimum atomic E-state index is -0.494. The molecule has 4 nitrogen and oxygen atoms in total. The molecule has 0 radical (unpaired) electrons. The topological polar surface area (TPSA) is 58.2 Å². The highest BCUT2D eigenvalue weighted by Crippen LogP contribution is 2.17. The SMILES string of the molecule is CCNC(=O)c1ccc(NC(=O)c2cc(F)cc(Br)c2)cc1. The summed E-state index contributed by atoms with van der Waals surface area (Å²) in [5, 5.41) is 5.34. The van der Waals surface area contributed by atoms with Crippen molar-refractivity contribution in [1.29, 1.82) is 0 Å². The van der Waals surface area contributed by atoms with E-state index in [0.717, 1.165) is 6.07 Å². The van der Waals surface area contributed by atoms with Gasteiger partial charge >= 0.3 is 0 Å². The van der Waals surface area contributed by atoms with Crippen LogP contribution in [0.25, 0.3) is 0 Å². The average molecular weight is 365 g/mol. The van der Waals surface area contributed by atoms with Gasteiger partial charge in [-0.05, 0) is 49.4 Å². The molecule has 0 heterocycles. The predicted molar refractivity (Wildman–Crippen MR) is 86.5 cm³/mol. The number of halogens is 2. The largest absolute Gasteiger partial charge is 0.352 e. The molecule has 0 spiro atoms. The van der Waals surface area contributed by atoms with Crippen LogP contribution in [0, 0.1) is 5.82 Å². The first-order valence-electron chi connectivity index (χ1n) is 6.65. The second kappa shape index (κ2) is 7.17. The molecule has 2 aromatic carbocycles. The summed E-state index contributed by atoms with van der Waals surface area (Å²) >= 11 is 3.14. The Hall–Kier alpha value is -2.21. The second-order valence-corrected chi connectivity index (χ2v) is 5.46. The molecule has 0 aromatic heterocycles. The number of carbonyl (C=O) groups excluding carboxylic acids is 2. The van der Waals surface area contributed by atoms with Gasteiger partial charge in [0.15, 0.2) is 0 Å². The van der Waals surface area contributed by atoms with Gasteiger partial charge in [0.1, 0.15) is 5.82 Å². The molecule has 2 rings (SSSR count). The molecular weight excluding hydrogens is 351 g/mol. The Bertz CT molecular complexity index is 682. The molecule has 0 unspecified atom stereocenters. The molecule has 114 valence electrons. The van der Waals surface area contributed by atoms with Crippen LogP contribution in [-0.4, -0.2) is 18.4 Å². The monoisotopic (exact) mass is 364 g/mol. The van der Waals surface area contributed by atoms with Crippen molar-refractivity contribution < 1.29 is 14.0 Å². The maximum atomic E-state index is 13.3. The van der Waals surface area contributed by atoms with E-state index < -0.39 is 11.7 Å². The molecule has 2 N–H and O–H groups in total. The molecule has 0 aliphatic heterocycles. The Kier molecular flexibility index (Phi) is 5.27. The Morgan fingerprint density at radius 1 is 1.05 bits per heavy atom. The van der Waals surface area contributed by atoms with Crippen LogP contribution < -0.4 is 10.6 Å². The number of hydrogen-bond donors (Lipinski definition) is 2. The average Bonchev–Trinajstić information content (AvgIpc) is 2.47. The highest BCUT2D eigenvalue weighted by molar-refractivity contribution is 9.10. The van der Waals surface area contributed by atoms with E-state index in [0.29, 0.717) is 22.3 Å². The van der Waals surface area contributed by atoms with E-state index in [1.165, 1.54) is 12.1 Å². The molecule has 0 saturated carbocycles. The Labute approximate surface area is 135 Å². The molecule has 0 aliphatic rings. The van der Waals surface area contributed by atoms with Crippen molar-refractivity contribution in [3.05, 3.63) is 63.9 Å². The van der Waals surface area contributed by atoms with Gasteiger partial charge in [-0.3, -0.25) is 9.59 Å². The summed E-state index contributed by atoms with van der Waals surface area (Å²) in [6.45, 7) is 2.38. The van der Waals surface area contributed by atoms with Crippen molar-refractivity contribution in [2.75, 3.05) is 11.9 Å². The van der Waals surface area contributed by atoms with Crippen LogP contribution >= 0.6 is 15.9 Å². The van der Waals surface area contributed by atoms with Crippen LogP contribution in [0.4, 0.5) is 10.1 Å². The summed E-state index contributed by atoms with van der Waals surface area (Å²) < 4.78 is 13.8. The van der Waals surface area contributed by atoms with Crippen molar-refractivity contribution in [1.82, 2.24) is 5.32 Å². The van der Waals surface area contributed by atoms with Crippen LogP contribution in [0.2, 0.25) is 0 Å².